The smallest absolute Gasteiger partial charge is 0.245 e. The van der Waals surface area contributed by atoms with Crippen molar-refractivity contribution in [3.05, 3.63) is 53.9 Å². The van der Waals surface area contributed by atoms with Crippen LogP contribution in [-0.4, -0.2) is 23.3 Å². The summed E-state index contributed by atoms with van der Waals surface area (Å²) in [6.45, 7) is 2.58. The lowest BCUT2D eigenvalue weighted by atomic mass is 10.2. The summed E-state index contributed by atoms with van der Waals surface area (Å²) < 4.78 is 7.27. The molecule has 1 N–H and O–H groups in total. The number of carbonyl (C=O) groups excluding carboxylic acids is 1. The maximum absolute atomic E-state index is 11.7. The van der Waals surface area contributed by atoms with E-state index in [9.17, 15) is 4.79 Å². The molecule has 0 aliphatic heterocycles. The van der Waals surface area contributed by atoms with Crippen molar-refractivity contribution in [3.63, 3.8) is 0 Å². The highest BCUT2D eigenvalue weighted by molar-refractivity contribution is 5.83. The quantitative estimate of drug-likeness (QED) is 0.653. The van der Waals surface area contributed by atoms with Gasteiger partial charge in [0.15, 0.2) is 0 Å². The first-order valence-electron chi connectivity index (χ1n) is 6.84. The Kier molecular flexibility index (Phi) is 5.15. The Labute approximate surface area is 124 Å². The Bertz CT molecular complexity index is 615. The number of hydrogen-bond acceptors (Lipinski definition) is 3. The molecule has 1 aromatic carbocycles. The number of rotatable bonds is 6. The van der Waals surface area contributed by atoms with Crippen LogP contribution in [0, 0.1) is 0 Å². The van der Waals surface area contributed by atoms with Crippen LogP contribution in [0.25, 0.3) is 0 Å². The van der Waals surface area contributed by atoms with Crippen LogP contribution in [0.1, 0.15) is 18.2 Å². The minimum absolute atomic E-state index is 0.140. The van der Waals surface area contributed by atoms with E-state index in [0.29, 0.717) is 13.0 Å². The van der Waals surface area contributed by atoms with Gasteiger partial charge >= 0.3 is 0 Å². The molecular weight excluding hydrogens is 266 g/mol. The van der Waals surface area contributed by atoms with Gasteiger partial charge in [-0.15, -0.1) is 0 Å². The molecule has 1 aromatic heterocycles. The van der Waals surface area contributed by atoms with E-state index < -0.39 is 0 Å². The number of amides is 1. The Hall–Kier alpha value is -2.56. The van der Waals surface area contributed by atoms with Crippen LogP contribution in [0.3, 0.4) is 0 Å². The number of hydrogen-bond donors (Lipinski definition) is 1. The molecule has 0 fully saturated rings. The van der Waals surface area contributed by atoms with Gasteiger partial charge in [0.2, 0.25) is 5.91 Å². The summed E-state index contributed by atoms with van der Waals surface area (Å²) in [5.74, 6) is 0.682. The second-order valence-electron chi connectivity index (χ2n) is 4.58. The largest absolute Gasteiger partial charge is 0.494 e. The molecule has 0 spiro atoms. The number of aryl methyl sites for hydroxylation is 1. The van der Waals surface area contributed by atoms with Crippen LogP contribution >= 0.6 is 0 Å². The van der Waals surface area contributed by atoms with Crippen LogP contribution < -0.4 is 10.2 Å². The summed E-state index contributed by atoms with van der Waals surface area (Å²) >= 11 is 0. The highest BCUT2D eigenvalue weighted by Gasteiger charge is 2.04. The molecule has 2 aromatic rings. The summed E-state index contributed by atoms with van der Waals surface area (Å²) in [4.78, 5) is 11.7. The van der Waals surface area contributed by atoms with Crippen LogP contribution in [0.2, 0.25) is 0 Å². The third-order valence-electron chi connectivity index (χ3n) is 2.99. The average molecular weight is 285 g/mol. The van der Waals surface area contributed by atoms with Gasteiger partial charge in [0.25, 0.3) is 0 Å². The van der Waals surface area contributed by atoms with Crippen LogP contribution in [-0.2, 0) is 18.3 Å². The normalized spacial score (nSPS) is 10.8. The molecule has 5 heteroatoms. The van der Waals surface area contributed by atoms with Crippen LogP contribution in [0.15, 0.2) is 47.7 Å². The minimum Gasteiger partial charge on any atom is -0.494 e. The van der Waals surface area contributed by atoms with Crippen LogP contribution in [0.4, 0.5) is 0 Å². The molecule has 0 radical (unpaired) electrons. The molecule has 110 valence electrons. The molecule has 0 saturated carbocycles. The Balaban J connectivity index is 1.84. The molecule has 1 heterocycles. The summed E-state index contributed by atoms with van der Waals surface area (Å²) in [6, 6.07) is 11.3. The molecule has 2 rings (SSSR count). The van der Waals surface area contributed by atoms with Crippen LogP contribution in [0.5, 0.6) is 5.75 Å². The number of hydrazone groups is 1. The highest BCUT2D eigenvalue weighted by atomic mass is 16.5. The Morgan fingerprint density at radius 2 is 2.10 bits per heavy atom. The fourth-order valence-corrected chi connectivity index (χ4v) is 1.88. The molecule has 0 saturated heterocycles. The van der Waals surface area contributed by atoms with E-state index in [4.69, 9.17) is 4.74 Å². The molecule has 0 atom stereocenters. The lowest BCUT2D eigenvalue weighted by molar-refractivity contribution is -0.120. The third-order valence-corrected chi connectivity index (χ3v) is 2.99. The van der Waals surface area contributed by atoms with E-state index in [1.54, 1.807) is 6.21 Å². The SMILES string of the molecule is CCOc1ccc(/C=N/NC(=O)Cc2cccn2C)cc1. The van der Waals surface area contributed by atoms with Gasteiger partial charge in [-0.25, -0.2) is 5.43 Å². The second-order valence-corrected chi connectivity index (χ2v) is 4.58. The number of ether oxygens (including phenoxy) is 1. The molecule has 0 aliphatic carbocycles. The monoisotopic (exact) mass is 285 g/mol. The summed E-state index contributed by atoms with van der Waals surface area (Å²) in [6.07, 6.45) is 3.83. The molecule has 21 heavy (non-hydrogen) atoms. The molecule has 0 aliphatic rings. The van der Waals surface area contributed by atoms with Crippen molar-refractivity contribution < 1.29 is 9.53 Å². The van der Waals surface area contributed by atoms with Crippen molar-refractivity contribution in [2.45, 2.75) is 13.3 Å². The zero-order valence-electron chi connectivity index (χ0n) is 12.2. The number of nitrogens with one attached hydrogen (secondary N) is 1. The van der Waals surface area contributed by atoms with E-state index >= 15 is 0 Å². The van der Waals surface area contributed by atoms with Gasteiger partial charge < -0.3 is 9.30 Å². The molecule has 1 amide bonds. The predicted molar refractivity (Wildman–Crippen MR) is 82.5 cm³/mol. The predicted octanol–water partition coefficient (Wildman–Crippen LogP) is 2.12. The van der Waals surface area contributed by atoms with E-state index in [1.807, 2.05) is 61.1 Å². The fraction of sp³-hybridized carbons (Fsp3) is 0.250. The van der Waals surface area contributed by atoms with Crippen molar-refractivity contribution in [1.82, 2.24) is 9.99 Å². The number of nitrogens with zero attached hydrogens (tertiary/aromatic N) is 2. The maximum atomic E-state index is 11.7. The van der Waals surface area contributed by atoms with Gasteiger partial charge in [0.05, 0.1) is 19.2 Å². The van der Waals surface area contributed by atoms with Gasteiger partial charge in [-0.1, -0.05) is 0 Å². The topological polar surface area (TPSA) is 55.6 Å². The Morgan fingerprint density at radius 3 is 2.71 bits per heavy atom. The number of benzene rings is 1. The van der Waals surface area contributed by atoms with E-state index in [2.05, 4.69) is 10.5 Å². The van der Waals surface area contributed by atoms with Crippen molar-refractivity contribution >= 4 is 12.1 Å². The van der Waals surface area contributed by atoms with E-state index in [0.717, 1.165) is 17.0 Å². The third kappa shape index (κ3) is 4.49. The van der Waals surface area contributed by atoms with E-state index in [1.165, 1.54) is 0 Å². The zero-order chi connectivity index (χ0) is 15.1. The first-order valence-corrected chi connectivity index (χ1v) is 6.84. The van der Waals surface area contributed by atoms with Gasteiger partial charge in [-0.3, -0.25) is 4.79 Å². The first kappa shape index (κ1) is 14.8. The van der Waals surface area contributed by atoms with Gasteiger partial charge in [-0.2, -0.15) is 5.10 Å². The minimum atomic E-state index is -0.140. The summed E-state index contributed by atoms with van der Waals surface area (Å²) in [7, 11) is 1.91. The first-order chi connectivity index (χ1) is 10.2. The van der Waals surface area contributed by atoms with Gasteiger partial charge in [0, 0.05) is 18.9 Å². The fourth-order valence-electron chi connectivity index (χ4n) is 1.88. The lowest BCUT2D eigenvalue weighted by Gasteiger charge is -2.03. The molecular formula is C16H19N3O2. The number of aromatic nitrogens is 1. The molecule has 5 nitrogen and oxygen atoms in total. The molecule has 0 unspecified atom stereocenters. The second kappa shape index (κ2) is 7.28. The van der Waals surface area contributed by atoms with E-state index in [-0.39, 0.29) is 5.91 Å². The summed E-state index contributed by atoms with van der Waals surface area (Å²) in [5.41, 5.74) is 4.37. The Morgan fingerprint density at radius 1 is 1.33 bits per heavy atom. The lowest BCUT2D eigenvalue weighted by Crippen LogP contribution is -2.20. The maximum Gasteiger partial charge on any atom is 0.245 e. The van der Waals surface area contributed by atoms with Gasteiger partial charge in [0.1, 0.15) is 5.75 Å². The zero-order valence-corrected chi connectivity index (χ0v) is 12.2. The number of carbonyl (C=O) groups is 1. The molecule has 0 bridgehead atoms. The van der Waals surface area contributed by atoms with Crippen molar-refractivity contribution in [2.24, 2.45) is 12.1 Å². The standard InChI is InChI=1S/C16H19N3O2/c1-3-21-15-8-6-13(7-9-15)12-17-18-16(20)11-14-5-4-10-19(14)2/h4-10,12H,3,11H2,1-2H3,(H,18,20)/b17-12+. The van der Waals surface area contributed by atoms with Crippen molar-refractivity contribution in [1.29, 1.82) is 0 Å². The van der Waals surface area contributed by atoms with Crippen molar-refractivity contribution in [2.75, 3.05) is 6.61 Å². The van der Waals surface area contributed by atoms with Crippen molar-refractivity contribution in [3.8, 4) is 5.75 Å². The average Bonchev–Trinajstić information content (AvgIpc) is 2.86. The van der Waals surface area contributed by atoms with Gasteiger partial charge in [-0.05, 0) is 48.9 Å². The summed E-state index contributed by atoms with van der Waals surface area (Å²) in [5, 5.41) is 3.95. The highest BCUT2D eigenvalue weighted by Crippen LogP contribution is 2.10.